The number of likely N-dealkylation sites (N-methyl/N-ethyl adjacent to an activating group) is 1. The molecular formula is C27H32N4O2. The molecule has 0 radical (unpaired) electrons. The van der Waals surface area contributed by atoms with E-state index in [1.165, 1.54) is 5.56 Å². The lowest BCUT2D eigenvalue weighted by molar-refractivity contribution is -0.118. The fourth-order valence-corrected chi connectivity index (χ4v) is 4.18. The van der Waals surface area contributed by atoms with Gasteiger partial charge in [-0.05, 0) is 50.9 Å². The molecule has 0 unspecified atom stereocenters. The van der Waals surface area contributed by atoms with E-state index < -0.39 is 0 Å². The third-order valence-corrected chi connectivity index (χ3v) is 6.09. The summed E-state index contributed by atoms with van der Waals surface area (Å²) >= 11 is 0. The molecule has 1 aliphatic heterocycles. The number of hydrogen-bond donors (Lipinski definition) is 0. The van der Waals surface area contributed by atoms with E-state index >= 15 is 0 Å². The Morgan fingerprint density at radius 2 is 1.76 bits per heavy atom. The van der Waals surface area contributed by atoms with E-state index in [2.05, 4.69) is 17.0 Å². The van der Waals surface area contributed by atoms with Gasteiger partial charge in [-0.2, -0.15) is 0 Å². The summed E-state index contributed by atoms with van der Waals surface area (Å²) in [7, 11) is 2.04. The summed E-state index contributed by atoms with van der Waals surface area (Å²) in [6.07, 6.45) is 2.03. The molecule has 0 N–H and O–H groups in total. The van der Waals surface area contributed by atoms with Crippen molar-refractivity contribution in [3.63, 3.8) is 0 Å². The Bertz CT molecular complexity index is 1100. The molecule has 2 aromatic carbocycles. The number of anilines is 1. The van der Waals surface area contributed by atoms with Gasteiger partial charge < -0.3 is 4.74 Å². The van der Waals surface area contributed by atoms with Crippen LogP contribution < -0.4 is 9.64 Å². The highest BCUT2D eigenvalue weighted by atomic mass is 16.5. The summed E-state index contributed by atoms with van der Waals surface area (Å²) in [6, 6.07) is 18.3. The summed E-state index contributed by atoms with van der Waals surface area (Å²) in [4.78, 5) is 26.4. The molecule has 0 saturated carbocycles. The van der Waals surface area contributed by atoms with Crippen LogP contribution >= 0.6 is 0 Å². The number of amides is 1. The Kier molecular flexibility index (Phi) is 7.35. The van der Waals surface area contributed by atoms with E-state index in [1.807, 2.05) is 68.3 Å². The van der Waals surface area contributed by atoms with Crippen molar-refractivity contribution in [2.75, 3.05) is 31.6 Å². The van der Waals surface area contributed by atoms with E-state index in [-0.39, 0.29) is 5.91 Å². The summed E-state index contributed by atoms with van der Waals surface area (Å²) in [6.45, 7) is 6.65. The number of fused-ring (bicyclic) bond motifs is 1. The van der Waals surface area contributed by atoms with Gasteiger partial charge in [-0.15, -0.1) is 0 Å². The fourth-order valence-electron chi connectivity index (χ4n) is 4.18. The van der Waals surface area contributed by atoms with E-state index in [4.69, 9.17) is 14.7 Å². The number of aryl methyl sites for hydroxylation is 2. The summed E-state index contributed by atoms with van der Waals surface area (Å²) in [5.41, 5.74) is 4.42. The minimum Gasteiger partial charge on any atom is -0.492 e. The summed E-state index contributed by atoms with van der Waals surface area (Å²) < 4.78 is 5.93. The quantitative estimate of drug-likeness (QED) is 0.497. The Morgan fingerprint density at radius 3 is 2.55 bits per heavy atom. The number of carbonyl (C=O) groups excluding carboxylic acids is 1. The van der Waals surface area contributed by atoms with Crippen LogP contribution in [-0.4, -0.2) is 47.5 Å². The van der Waals surface area contributed by atoms with Crippen LogP contribution in [0, 0.1) is 13.8 Å². The molecule has 1 amide bonds. The van der Waals surface area contributed by atoms with Crippen molar-refractivity contribution in [2.24, 2.45) is 0 Å². The van der Waals surface area contributed by atoms with E-state index in [0.717, 1.165) is 47.2 Å². The van der Waals surface area contributed by atoms with Gasteiger partial charge in [-0.25, -0.2) is 9.97 Å². The van der Waals surface area contributed by atoms with Gasteiger partial charge >= 0.3 is 0 Å². The highest BCUT2D eigenvalue weighted by Gasteiger charge is 2.28. The van der Waals surface area contributed by atoms with E-state index in [9.17, 15) is 4.79 Å². The summed E-state index contributed by atoms with van der Waals surface area (Å²) in [5.74, 6) is 2.58. The zero-order valence-electron chi connectivity index (χ0n) is 19.8. The Morgan fingerprint density at radius 1 is 1.00 bits per heavy atom. The van der Waals surface area contributed by atoms with Crippen LogP contribution in [0.15, 0.2) is 54.6 Å². The van der Waals surface area contributed by atoms with Gasteiger partial charge in [0.05, 0.1) is 6.54 Å². The number of ether oxygens (including phenoxy) is 1. The lowest BCUT2D eigenvalue weighted by Gasteiger charge is -2.30. The van der Waals surface area contributed by atoms with Crippen molar-refractivity contribution in [1.29, 1.82) is 0 Å². The largest absolute Gasteiger partial charge is 0.492 e. The number of nitrogens with zero attached hydrogens (tertiary/aromatic N) is 4. The van der Waals surface area contributed by atoms with Crippen LogP contribution in [0.25, 0.3) is 0 Å². The molecule has 2 heterocycles. The van der Waals surface area contributed by atoms with Crippen molar-refractivity contribution < 1.29 is 9.53 Å². The summed E-state index contributed by atoms with van der Waals surface area (Å²) in [5, 5.41) is 0. The third-order valence-electron chi connectivity index (χ3n) is 6.09. The molecule has 3 aromatic rings. The van der Waals surface area contributed by atoms with Crippen molar-refractivity contribution >= 4 is 11.7 Å². The van der Waals surface area contributed by atoms with Crippen LogP contribution in [0.2, 0.25) is 0 Å². The lowest BCUT2D eigenvalue weighted by atomic mass is 10.0. The van der Waals surface area contributed by atoms with Gasteiger partial charge in [-0.3, -0.25) is 14.6 Å². The van der Waals surface area contributed by atoms with Gasteiger partial charge in [-0.1, -0.05) is 48.5 Å². The first-order valence-electron chi connectivity index (χ1n) is 11.6. The maximum absolute atomic E-state index is 12.8. The molecule has 0 atom stereocenters. The first-order chi connectivity index (χ1) is 16.0. The van der Waals surface area contributed by atoms with Gasteiger partial charge in [0.2, 0.25) is 5.91 Å². The maximum atomic E-state index is 12.8. The lowest BCUT2D eigenvalue weighted by Crippen LogP contribution is -2.38. The van der Waals surface area contributed by atoms with Crippen LogP contribution in [0.3, 0.4) is 0 Å². The minimum absolute atomic E-state index is 0.141. The molecule has 6 heteroatoms. The molecule has 0 fully saturated rings. The highest BCUT2D eigenvalue weighted by Crippen LogP contribution is 2.28. The molecule has 0 aliphatic carbocycles. The number of carbonyl (C=O) groups is 1. The van der Waals surface area contributed by atoms with Gasteiger partial charge in [0, 0.05) is 30.8 Å². The van der Waals surface area contributed by atoms with Gasteiger partial charge in [0.15, 0.2) is 0 Å². The highest BCUT2D eigenvalue weighted by molar-refractivity contribution is 5.95. The van der Waals surface area contributed by atoms with Gasteiger partial charge in [0.1, 0.15) is 24.0 Å². The van der Waals surface area contributed by atoms with Crippen molar-refractivity contribution in [3.05, 3.63) is 82.8 Å². The topological polar surface area (TPSA) is 58.6 Å². The molecule has 172 valence electrons. The Labute approximate surface area is 196 Å². The van der Waals surface area contributed by atoms with E-state index in [0.29, 0.717) is 32.5 Å². The zero-order valence-corrected chi connectivity index (χ0v) is 19.8. The van der Waals surface area contributed by atoms with Crippen molar-refractivity contribution in [3.8, 4) is 5.75 Å². The number of rotatable bonds is 9. The first-order valence-corrected chi connectivity index (χ1v) is 11.6. The second-order valence-electron chi connectivity index (χ2n) is 8.66. The van der Waals surface area contributed by atoms with Gasteiger partial charge in [0.25, 0.3) is 0 Å². The Balaban J connectivity index is 1.42. The average Bonchev–Trinajstić information content (AvgIpc) is 2.80. The zero-order chi connectivity index (χ0) is 23.2. The molecule has 33 heavy (non-hydrogen) atoms. The van der Waals surface area contributed by atoms with Crippen molar-refractivity contribution in [1.82, 2.24) is 14.9 Å². The SMILES string of the molecule is Cc1ccccc1OCCN(C)Cc1nc(C)c2c(n1)N(CCc1ccccc1)C(=O)CC2. The monoisotopic (exact) mass is 444 g/mol. The van der Waals surface area contributed by atoms with E-state index in [1.54, 1.807) is 0 Å². The normalized spacial score (nSPS) is 13.3. The average molecular weight is 445 g/mol. The predicted molar refractivity (Wildman–Crippen MR) is 131 cm³/mol. The molecule has 1 aromatic heterocycles. The third kappa shape index (κ3) is 5.76. The molecule has 0 saturated heterocycles. The number of benzene rings is 2. The molecule has 1 aliphatic rings. The van der Waals surface area contributed by atoms with Crippen LogP contribution in [0.4, 0.5) is 5.82 Å². The smallest absolute Gasteiger partial charge is 0.228 e. The second kappa shape index (κ2) is 10.6. The number of para-hydroxylation sites is 1. The van der Waals surface area contributed by atoms with Crippen LogP contribution in [-0.2, 0) is 24.2 Å². The van der Waals surface area contributed by atoms with Crippen molar-refractivity contribution in [2.45, 2.75) is 39.7 Å². The number of aromatic nitrogens is 2. The second-order valence-corrected chi connectivity index (χ2v) is 8.66. The van der Waals surface area contributed by atoms with Crippen LogP contribution in [0.1, 0.15) is 34.6 Å². The first kappa shape index (κ1) is 22.9. The molecular weight excluding hydrogens is 412 g/mol. The number of hydrogen-bond acceptors (Lipinski definition) is 5. The standard InChI is InChI=1S/C27H32N4O2/c1-20-9-7-8-12-24(20)33-18-17-30(3)19-25-28-21(2)23-13-14-26(32)31(27(23)29-25)16-15-22-10-5-4-6-11-22/h4-12H,13-19H2,1-3H3. The Hall–Kier alpha value is -3.25. The fraction of sp³-hybridized carbons (Fsp3) is 0.370. The predicted octanol–water partition coefficient (Wildman–Crippen LogP) is 4.13. The molecule has 6 nitrogen and oxygen atoms in total. The molecule has 0 bridgehead atoms. The minimum atomic E-state index is 0.141. The molecule has 4 rings (SSSR count). The van der Waals surface area contributed by atoms with Crippen LogP contribution in [0.5, 0.6) is 5.75 Å². The maximum Gasteiger partial charge on any atom is 0.228 e. The molecule has 0 spiro atoms.